The van der Waals surface area contributed by atoms with E-state index in [1.165, 1.54) is 12.8 Å². The van der Waals surface area contributed by atoms with Crippen LogP contribution >= 0.6 is 0 Å². The molecular weight excluding hydrogens is 324 g/mol. The highest BCUT2D eigenvalue weighted by Crippen LogP contribution is 2.32. The molecule has 2 saturated heterocycles. The molecule has 26 heavy (non-hydrogen) atoms. The second-order valence-corrected chi connectivity index (χ2v) is 7.85. The average molecular weight is 352 g/mol. The zero-order chi connectivity index (χ0) is 18.1. The van der Waals surface area contributed by atoms with Crippen molar-refractivity contribution in [2.45, 2.75) is 64.6 Å². The number of aromatic nitrogens is 2. The maximum Gasteiger partial charge on any atom is 0.220 e. The highest BCUT2D eigenvalue weighted by Gasteiger charge is 2.34. The molecule has 5 heteroatoms. The van der Waals surface area contributed by atoms with E-state index < -0.39 is 0 Å². The van der Waals surface area contributed by atoms with Crippen LogP contribution in [0.2, 0.25) is 0 Å². The first kappa shape index (κ1) is 17.3. The van der Waals surface area contributed by atoms with Crippen molar-refractivity contribution in [2.24, 2.45) is 5.92 Å². The lowest BCUT2D eigenvalue weighted by Crippen LogP contribution is -2.39. The van der Waals surface area contributed by atoms with Crippen LogP contribution in [-0.2, 0) is 11.3 Å². The van der Waals surface area contributed by atoms with Gasteiger partial charge in [0.25, 0.3) is 0 Å². The summed E-state index contributed by atoms with van der Waals surface area (Å²) in [5.41, 5.74) is 4.24. The van der Waals surface area contributed by atoms with Crippen molar-refractivity contribution < 1.29 is 4.79 Å². The minimum Gasteiger partial charge on any atom is -0.352 e. The molecule has 4 rings (SSSR count). The van der Waals surface area contributed by atoms with Gasteiger partial charge in [0.2, 0.25) is 5.91 Å². The summed E-state index contributed by atoms with van der Waals surface area (Å²) >= 11 is 0. The number of para-hydroxylation sites is 1. The molecule has 0 aliphatic carbocycles. The molecule has 2 aromatic rings. The van der Waals surface area contributed by atoms with Gasteiger partial charge in [-0.2, -0.15) is 5.10 Å². The molecule has 5 nitrogen and oxygen atoms in total. The standard InChI is InChI=1S/C21H28N4O/c1-14-20(15(2)25(24-14)19-6-4-3-5-7-19)13-22-21(26)12-16-10-17-8-9-18(11-16)23-17/h3-7,16-18,23H,8-13H2,1-2H3,(H,22,26). The normalized spacial score (nSPS) is 24.6. The number of nitrogens with zero attached hydrogens (tertiary/aromatic N) is 2. The van der Waals surface area contributed by atoms with Crippen molar-refractivity contribution in [1.29, 1.82) is 0 Å². The molecule has 2 unspecified atom stereocenters. The molecule has 0 saturated carbocycles. The molecule has 2 aliphatic rings. The Labute approximate surface area is 155 Å². The van der Waals surface area contributed by atoms with E-state index in [2.05, 4.69) is 22.7 Å². The van der Waals surface area contributed by atoms with Gasteiger partial charge in [-0.25, -0.2) is 4.68 Å². The zero-order valence-electron chi connectivity index (χ0n) is 15.7. The number of carbonyl (C=O) groups is 1. The van der Waals surface area contributed by atoms with Crippen molar-refractivity contribution in [3.8, 4) is 5.69 Å². The summed E-state index contributed by atoms with van der Waals surface area (Å²) < 4.78 is 1.96. The van der Waals surface area contributed by atoms with Crippen LogP contribution in [0.1, 0.15) is 49.1 Å². The molecule has 1 aromatic carbocycles. The van der Waals surface area contributed by atoms with E-state index in [9.17, 15) is 4.79 Å². The lowest BCUT2D eigenvalue weighted by atomic mass is 9.89. The predicted octanol–water partition coefficient (Wildman–Crippen LogP) is 3.03. The predicted molar refractivity (Wildman–Crippen MR) is 102 cm³/mol. The summed E-state index contributed by atoms with van der Waals surface area (Å²) in [5.74, 6) is 0.700. The molecule has 2 bridgehead atoms. The zero-order valence-corrected chi connectivity index (χ0v) is 15.7. The summed E-state index contributed by atoms with van der Waals surface area (Å²) in [6, 6.07) is 11.4. The van der Waals surface area contributed by atoms with Gasteiger partial charge in [-0.3, -0.25) is 4.79 Å². The van der Waals surface area contributed by atoms with Crippen molar-refractivity contribution in [3.05, 3.63) is 47.3 Å². The molecule has 0 spiro atoms. The monoisotopic (exact) mass is 352 g/mol. The molecule has 0 radical (unpaired) electrons. The second kappa shape index (κ2) is 7.23. The third-order valence-corrected chi connectivity index (χ3v) is 5.95. The Balaban J connectivity index is 1.37. The van der Waals surface area contributed by atoms with Gasteiger partial charge in [0.05, 0.1) is 11.4 Å². The third-order valence-electron chi connectivity index (χ3n) is 5.95. The summed E-state index contributed by atoms with van der Waals surface area (Å²) in [7, 11) is 0. The molecule has 2 aliphatic heterocycles. The largest absolute Gasteiger partial charge is 0.352 e. The smallest absolute Gasteiger partial charge is 0.220 e. The molecule has 2 N–H and O–H groups in total. The van der Waals surface area contributed by atoms with Crippen molar-refractivity contribution >= 4 is 5.91 Å². The average Bonchev–Trinajstić information content (AvgIpc) is 3.12. The molecule has 1 aromatic heterocycles. The SMILES string of the molecule is Cc1nn(-c2ccccc2)c(C)c1CNC(=O)CC1CC2CCC(C1)N2. The van der Waals surface area contributed by atoms with Gasteiger partial charge < -0.3 is 10.6 Å². The number of hydrogen-bond donors (Lipinski definition) is 2. The van der Waals surface area contributed by atoms with E-state index in [0.29, 0.717) is 31.0 Å². The number of hydrogen-bond acceptors (Lipinski definition) is 3. The fourth-order valence-corrected chi connectivity index (χ4v) is 4.61. The Morgan fingerprint density at radius 3 is 2.58 bits per heavy atom. The first-order valence-corrected chi connectivity index (χ1v) is 9.73. The first-order valence-electron chi connectivity index (χ1n) is 9.73. The maximum atomic E-state index is 12.5. The van der Waals surface area contributed by atoms with Crippen LogP contribution in [0.4, 0.5) is 0 Å². The number of amides is 1. The van der Waals surface area contributed by atoms with Gasteiger partial charge in [-0.1, -0.05) is 18.2 Å². The van der Waals surface area contributed by atoms with E-state index >= 15 is 0 Å². The van der Waals surface area contributed by atoms with E-state index in [4.69, 9.17) is 0 Å². The van der Waals surface area contributed by atoms with E-state index in [1.54, 1.807) is 0 Å². The molecule has 2 atom stereocenters. The fraction of sp³-hybridized carbons (Fsp3) is 0.524. The van der Waals surface area contributed by atoms with Crippen LogP contribution in [0.3, 0.4) is 0 Å². The van der Waals surface area contributed by atoms with Gasteiger partial charge >= 0.3 is 0 Å². The lowest BCUT2D eigenvalue weighted by Gasteiger charge is -2.28. The van der Waals surface area contributed by atoms with Gasteiger partial charge in [0.1, 0.15) is 0 Å². The number of piperidine rings is 1. The Morgan fingerprint density at radius 2 is 1.88 bits per heavy atom. The topological polar surface area (TPSA) is 59.0 Å². The Kier molecular flexibility index (Phi) is 4.81. The van der Waals surface area contributed by atoms with Gasteiger partial charge in [0, 0.05) is 36.3 Å². The molecule has 138 valence electrons. The first-order chi connectivity index (χ1) is 12.6. The quantitative estimate of drug-likeness (QED) is 0.870. The molecule has 1 amide bonds. The Morgan fingerprint density at radius 1 is 1.19 bits per heavy atom. The molecular formula is C21H28N4O. The maximum absolute atomic E-state index is 12.5. The number of nitrogens with one attached hydrogen (secondary N) is 2. The highest BCUT2D eigenvalue weighted by molar-refractivity contribution is 5.76. The van der Waals surface area contributed by atoms with E-state index in [0.717, 1.165) is 35.5 Å². The van der Waals surface area contributed by atoms with Gasteiger partial charge in [-0.05, 0) is 57.6 Å². The summed E-state index contributed by atoms with van der Waals surface area (Å²) in [6.45, 7) is 4.64. The summed E-state index contributed by atoms with van der Waals surface area (Å²) in [6.07, 6.45) is 5.50. The highest BCUT2D eigenvalue weighted by atomic mass is 16.1. The minimum absolute atomic E-state index is 0.169. The number of benzene rings is 1. The van der Waals surface area contributed by atoms with Crippen molar-refractivity contribution in [1.82, 2.24) is 20.4 Å². The van der Waals surface area contributed by atoms with Crippen LogP contribution in [-0.4, -0.2) is 27.8 Å². The summed E-state index contributed by atoms with van der Waals surface area (Å²) in [5, 5.41) is 11.4. The molecule has 2 fully saturated rings. The number of carbonyl (C=O) groups excluding carboxylic acids is 1. The Hall–Kier alpha value is -2.14. The minimum atomic E-state index is 0.169. The van der Waals surface area contributed by atoms with E-state index in [-0.39, 0.29) is 5.91 Å². The second-order valence-electron chi connectivity index (χ2n) is 7.85. The van der Waals surface area contributed by atoms with Crippen LogP contribution in [0.25, 0.3) is 5.69 Å². The summed E-state index contributed by atoms with van der Waals surface area (Å²) in [4.78, 5) is 12.5. The van der Waals surface area contributed by atoms with Crippen LogP contribution in [0.15, 0.2) is 30.3 Å². The van der Waals surface area contributed by atoms with Gasteiger partial charge in [0.15, 0.2) is 0 Å². The van der Waals surface area contributed by atoms with Crippen molar-refractivity contribution in [3.63, 3.8) is 0 Å². The van der Waals surface area contributed by atoms with Crippen LogP contribution < -0.4 is 10.6 Å². The Bertz CT molecular complexity index is 771. The number of aryl methyl sites for hydroxylation is 1. The number of rotatable bonds is 5. The lowest BCUT2D eigenvalue weighted by molar-refractivity contribution is -0.122. The fourth-order valence-electron chi connectivity index (χ4n) is 4.61. The third kappa shape index (κ3) is 3.54. The van der Waals surface area contributed by atoms with Crippen LogP contribution in [0, 0.1) is 19.8 Å². The van der Waals surface area contributed by atoms with E-state index in [1.807, 2.05) is 41.9 Å². The van der Waals surface area contributed by atoms with Crippen LogP contribution in [0.5, 0.6) is 0 Å². The molecule has 3 heterocycles. The van der Waals surface area contributed by atoms with Gasteiger partial charge in [-0.15, -0.1) is 0 Å². The van der Waals surface area contributed by atoms with Crippen molar-refractivity contribution in [2.75, 3.05) is 0 Å². The number of fused-ring (bicyclic) bond motifs is 2.